The second-order valence-electron chi connectivity index (χ2n) is 5.27. The number of nitrogens with two attached hydrogens (primary N) is 1. The van der Waals surface area contributed by atoms with Crippen molar-refractivity contribution in [1.82, 2.24) is 3.96 Å². The monoisotopic (exact) mass is 292 g/mol. The first-order chi connectivity index (χ1) is 9.59. The molecule has 0 atom stereocenters. The van der Waals surface area contributed by atoms with E-state index in [0.29, 0.717) is 5.39 Å². The maximum Gasteiger partial charge on any atom is 0.335 e. The van der Waals surface area contributed by atoms with Crippen LogP contribution in [0.15, 0.2) is 29.1 Å². The highest BCUT2D eigenvalue weighted by Crippen LogP contribution is 2.22. The molecule has 1 aromatic heterocycles. The van der Waals surface area contributed by atoms with Crippen LogP contribution in [-0.2, 0) is 0 Å². The first-order valence-corrected chi connectivity index (χ1v) is 7.78. The zero-order valence-electron chi connectivity index (χ0n) is 11.7. The molecule has 0 aliphatic heterocycles. The Bertz CT molecular complexity index is 639. The molecule has 2 aromatic rings. The van der Waals surface area contributed by atoms with Gasteiger partial charge in [-0.15, -0.1) is 0 Å². The maximum atomic E-state index is 11.4. The molecule has 0 spiro atoms. The molecular formula is C15H20N2O2S. The topological polar surface area (TPSA) is 65.1 Å². The Labute approximate surface area is 122 Å². The van der Waals surface area contributed by atoms with Crippen LogP contribution in [-0.4, -0.2) is 9.99 Å². The number of hydrogen-bond acceptors (Lipinski definition) is 3. The Morgan fingerprint density at radius 1 is 1.25 bits per heavy atom. The van der Waals surface area contributed by atoms with Crippen molar-refractivity contribution in [3.05, 3.63) is 34.6 Å². The standard InChI is InChI=1S/C8H6N2O2S.C7H14/c9-8(12)10-7(11)5-3-1-2-4-6(5)13-10;1-7-5-3-2-4-6-7/h1-4H,(H2,9,12);7H,2-6H2,1H3. The summed E-state index contributed by atoms with van der Waals surface area (Å²) in [5.74, 6) is 1.04. The number of carbonyl (C=O) groups excluding carboxylic acids is 1. The van der Waals surface area contributed by atoms with Crippen LogP contribution in [0.3, 0.4) is 0 Å². The fraction of sp³-hybridized carbons (Fsp3) is 0.467. The predicted octanol–water partition coefficient (Wildman–Crippen LogP) is 3.58. The highest BCUT2D eigenvalue weighted by atomic mass is 32.1. The third kappa shape index (κ3) is 3.48. The normalized spacial score (nSPS) is 15.7. The van der Waals surface area contributed by atoms with E-state index >= 15 is 0 Å². The second-order valence-corrected chi connectivity index (χ2v) is 6.26. The molecule has 1 heterocycles. The van der Waals surface area contributed by atoms with Gasteiger partial charge in [0.25, 0.3) is 5.56 Å². The quantitative estimate of drug-likeness (QED) is 0.806. The largest absolute Gasteiger partial charge is 0.350 e. The van der Waals surface area contributed by atoms with Gasteiger partial charge in [0.15, 0.2) is 0 Å². The number of hydrogen-bond donors (Lipinski definition) is 1. The number of primary amides is 1. The molecular weight excluding hydrogens is 272 g/mol. The molecule has 3 rings (SSSR count). The van der Waals surface area contributed by atoms with Gasteiger partial charge in [0, 0.05) is 0 Å². The Hall–Kier alpha value is -1.62. The van der Waals surface area contributed by atoms with Crippen LogP contribution < -0.4 is 11.3 Å². The van der Waals surface area contributed by atoms with Crippen LogP contribution in [0.25, 0.3) is 10.1 Å². The smallest absolute Gasteiger partial charge is 0.335 e. The third-order valence-electron chi connectivity index (χ3n) is 3.59. The fourth-order valence-electron chi connectivity index (χ4n) is 2.42. The number of amides is 1. The van der Waals surface area contributed by atoms with E-state index in [-0.39, 0.29) is 5.56 Å². The Kier molecular flexibility index (Phi) is 4.95. The molecule has 0 bridgehead atoms. The molecule has 1 aliphatic carbocycles. The number of benzene rings is 1. The fourth-order valence-corrected chi connectivity index (χ4v) is 3.28. The van der Waals surface area contributed by atoms with Crippen molar-refractivity contribution in [2.24, 2.45) is 11.7 Å². The van der Waals surface area contributed by atoms with E-state index in [4.69, 9.17) is 5.73 Å². The molecule has 1 fully saturated rings. The van der Waals surface area contributed by atoms with Gasteiger partial charge in [-0.2, -0.15) is 3.96 Å². The minimum Gasteiger partial charge on any atom is -0.350 e. The van der Waals surface area contributed by atoms with Crippen LogP contribution in [0.4, 0.5) is 4.79 Å². The summed E-state index contributed by atoms with van der Waals surface area (Å²) in [7, 11) is 0. The molecule has 1 aliphatic rings. The van der Waals surface area contributed by atoms with E-state index in [9.17, 15) is 9.59 Å². The average Bonchev–Trinajstić information content (AvgIpc) is 2.79. The van der Waals surface area contributed by atoms with Crippen LogP contribution in [0.1, 0.15) is 39.0 Å². The minimum atomic E-state index is -0.730. The van der Waals surface area contributed by atoms with Crippen molar-refractivity contribution >= 4 is 27.6 Å². The molecule has 1 amide bonds. The lowest BCUT2D eigenvalue weighted by molar-refractivity contribution is 0.252. The summed E-state index contributed by atoms with van der Waals surface area (Å²) in [5.41, 5.74) is 4.67. The lowest BCUT2D eigenvalue weighted by Crippen LogP contribution is -2.26. The van der Waals surface area contributed by atoms with Gasteiger partial charge in [0.2, 0.25) is 0 Å². The van der Waals surface area contributed by atoms with E-state index in [1.54, 1.807) is 18.2 Å². The van der Waals surface area contributed by atoms with Crippen LogP contribution in [0, 0.1) is 5.92 Å². The van der Waals surface area contributed by atoms with Crippen LogP contribution in [0.2, 0.25) is 0 Å². The van der Waals surface area contributed by atoms with Crippen molar-refractivity contribution in [3.8, 4) is 0 Å². The van der Waals surface area contributed by atoms with E-state index < -0.39 is 6.03 Å². The number of carbonyl (C=O) groups is 1. The predicted molar refractivity (Wildman–Crippen MR) is 83.3 cm³/mol. The lowest BCUT2D eigenvalue weighted by Gasteiger charge is -2.15. The zero-order valence-corrected chi connectivity index (χ0v) is 12.5. The van der Waals surface area contributed by atoms with Crippen LogP contribution in [0.5, 0.6) is 0 Å². The first kappa shape index (κ1) is 14.8. The summed E-state index contributed by atoms with van der Waals surface area (Å²) in [6.07, 6.45) is 7.44. The molecule has 1 aromatic carbocycles. The van der Waals surface area contributed by atoms with Gasteiger partial charge >= 0.3 is 6.03 Å². The summed E-state index contributed by atoms with van der Waals surface area (Å²) >= 11 is 1.06. The Morgan fingerprint density at radius 2 is 1.90 bits per heavy atom. The van der Waals surface area contributed by atoms with Gasteiger partial charge in [0.05, 0.1) is 10.1 Å². The summed E-state index contributed by atoms with van der Waals surface area (Å²) < 4.78 is 1.72. The molecule has 4 nitrogen and oxygen atoms in total. The van der Waals surface area contributed by atoms with E-state index in [0.717, 1.165) is 26.1 Å². The lowest BCUT2D eigenvalue weighted by atomic mass is 9.91. The molecule has 108 valence electrons. The maximum absolute atomic E-state index is 11.4. The van der Waals surface area contributed by atoms with E-state index in [2.05, 4.69) is 6.92 Å². The molecule has 20 heavy (non-hydrogen) atoms. The molecule has 2 N–H and O–H groups in total. The van der Waals surface area contributed by atoms with Crippen molar-refractivity contribution in [2.45, 2.75) is 39.0 Å². The van der Waals surface area contributed by atoms with Crippen molar-refractivity contribution in [3.63, 3.8) is 0 Å². The number of nitrogens with zero attached hydrogens (tertiary/aromatic N) is 1. The first-order valence-electron chi connectivity index (χ1n) is 7.00. The summed E-state index contributed by atoms with van der Waals surface area (Å²) in [5, 5.41) is 0.534. The molecule has 0 radical (unpaired) electrons. The Balaban J connectivity index is 0.000000178. The number of fused-ring (bicyclic) bond motifs is 1. The van der Waals surface area contributed by atoms with Crippen molar-refractivity contribution in [2.75, 3.05) is 0 Å². The van der Waals surface area contributed by atoms with Gasteiger partial charge in [-0.1, -0.05) is 51.2 Å². The van der Waals surface area contributed by atoms with Gasteiger partial charge in [-0.3, -0.25) is 4.79 Å². The number of rotatable bonds is 0. The van der Waals surface area contributed by atoms with Gasteiger partial charge in [-0.25, -0.2) is 4.79 Å². The summed E-state index contributed by atoms with van der Waals surface area (Å²) in [4.78, 5) is 22.2. The minimum absolute atomic E-state index is 0.340. The van der Waals surface area contributed by atoms with E-state index in [1.165, 1.54) is 32.1 Å². The van der Waals surface area contributed by atoms with Crippen molar-refractivity contribution < 1.29 is 4.79 Å². The van der Waals surface area contributed by atoms with E-state index in [1.807, 2.05) is 6.07 Å². The van der Waals surface area contributed by atoms with Crippen LogP contribution >= 0.6 is 11.5 Å². The van der Waals surface area contributed by atoms with Gasteiger partial charge < -0.3 is 5.73 Å². The Morgan fingerprint density at radius 3 is 2.40 bits per heavy atom. The highest BCUT2D eigenvalue weighted by Gasteiger charge is 2.09. The molecule has 1 saturated carbocycles. The molecule has 0 saturated heterocycles. The summed E-state index contributed by atoms with van der Waals surface area (Å²) in [6.45, 7) is 2.36. The highest BCUT2D eigenvalue weighted by molar-refractivity contribution is 7.14. The average molecular weight is 292 g/mol. The van der Waals surface area contributed by atoms with Gasteiger partial charge in [0.1, 0.15) is 0 Å². The second kappa shape index (κ2) is 6.70. The third-order valence-corrected chi connectivity index (χ3v) is 4.67. The molecule has 0 unspecified atom stereocenters. The van der Waals surface area contributed by atoms with Gasteiger partial charge in [-0.05, 0) is 29.6 Å². The SMILES string of the molecule is CC1CCCCC1.NC(=O)n1sc2ccccc2c1=O. The zero-order chi connectivity index (χ0) is 14.5. The summed E-state index contributed by atoms with van der Waals surface area (Å²) in [6, 6.07) is 6.28. The number of aromatic nitrogens is 1. The van der Waals surface area contributed by atoms with Crippen molar-refractivity contribution in [1.29, 1.82) is 0 Å². The molecule has 5 heteroatoms.